The van der Waals surface area contributed by atoms with Crippen molar-refractivity contribution in [1.82, 2.24) is 14.5 Å². The fourth-order valence-corrected chi connectivity index (χ4v) is 4.83. The molecule has 1 aromatic rings. The number of piperazine rings is 1. The zero-order chi connectivity index (χ0) is 16.3. The third kappa shape index (κ3) is 3.92. The van der Waals surface area contributed by atoms with Crippen LogP contribution in [0.5, 0.6) is 0 Å². The highest BCUT2D eigenvalue weighted by Crippen LogP contribution is 2.22. The van der Waals surface area contributed by atoms with Crippen LogP contribution in [0.2, 0.25) is 0 Å². The van der Waals surface area contributed by atoms with Crippen LogP contribution in [0.15, 0.2) is 29.2 Å². The van der Waals surface area contributed by atoms with Gasteiger partial charge in [0.2, 0.25) is 10.0 Å². The first-order chi connectivity index (χ1) is 11.1. The maximum absolute atomic E-state index is 13.0. The summed E-state index contributed by atoms with van der Waals surface area (Å²) in [6, 6.07) is 7.81. The van der Waals surface area contributed by atoms with Crippen LogP contribution < -0.4 is 5.32 Å². The fourth-order valence-electron chi connectivity index (χ4n) is 3.21. The second kappa shape index (κ2) is 7.27. The van der Waals surface area contributed by atoms with E-state index in [0.717, 1.165) is 25.2 Å². The van der Waals surface area contributed by atoms with Gasteiger partial charge in [0.05, 0.1) is 18.1 Å². The molecule has 7 heteroatoms. The van der Waals surface area contributed by atoms with Gasteiger partial charge in [-0.2, -0.15) is 4.31 Å². The lowest BCUT2D eigenvalue weighted by molar-refractivity contribution is 0.0730. The van der Waals surface area contributed by atoms with E-state index in [1.54, 1.807) is 12.1 Å². The molecule has 2 aliphatic heterocycles. The molecular formula is C16H25N3O3S. The molecule has 1 atom stereocenters. The van der Waals surface area contributed by atoms with Crippen molar-refractivity contribution >= 4 is 10.0 Å². The molecule has 23 heavy (non-hydrogen) atoms. The fraction of sp³-hybridized carbons (Fsp3) is 0.625. The summed E-state index contributed by atoms with van der Waals surface area (Å²) in [6.45, 7) is 7.45. The first-order valence-electron chi connectivity index (χ1n) is 8.19. The molecule has 0 amide bonds. The van der Waals surface area contributed by atoms with Crippen molar-refractivity contribution < 1.29 is 13.2 Å². The molecule has 2 fully saturated rings. The molecule has 0 aliphatic carbocycles. The molecule has 128 valence electrons. The molecule has 2 saturated heterocycles. The van der Waals surface area contributed by atoms with Crippen LogP contribution in [-0.4, -0.2) is 69.6 Å². The molecule has 1 unspecified atom stereocenters. The van der Waals surface area contributed by atoms with Crippen molar-refractivity contribution in [2.45, 2.75) is 24.4 Å². The first kappa shape index (κ1) is 16.9. The van der Waals surface area contributed by atoms with Gasteiger partial charge in [0.1, 0.15) is 0 Å². The van der Waals surface area contributed by atoms with Crippen LogP contribution in [0.25, 0.3) is 0 Å². The minimum atomic E-state index is -3.45. The van der Waals surface area contributed by atoms with E-state index in [2.05, 4.69) is 17.1 Å². The summed E-state index contributed by atoms with van der Waals surface area (Å²) < 4.78 is 32.7. The van der Waals surface area contributed by atoms with Crippen molar-refractivity contribution in [3.63, 3.8) is 0 Å². The number of hydrogen-bond acceptors (Lipinski definition) is 5. The summed E-state index contributed by atoms with van der Waals surface area (Å²) in [5.41, 5.74) is 0.882. The van der Waals surface area contributed by atoms with Crippen LogP contribution in [-0.2, 0) is 21.3 Å². The molecule has 1 N–H and O–H groups in total. The van der Waals surface area contributed by atoms with Crippen LogP contribution in [0.4, 0.5) is 0 Å². The van der Waals surface area contributed by atoms with Gasteiger partial charge in [-0.1, -0.05) is 18.2 Å². The molecule has 0 aromatic heterocycles. The molecular weight excluding hydrogens is 314 g/mol. The van der Waals surface area contributed by atoms with Crippen molar-refractivity contribution in [1.29, 1.82) is 0 Å². The molecule has 2 aliphatic rings. The second-order valence-corrected chi connectivity index (χ2v) is 8.12. The highest BCUT2D eigenvalue weighted by molar-refractivity contribution is 7.89. The Kier molecular flexibility index (Phi) is 5.33. The SMILES string of the molecule is CC1CN(Cc2ccccc2S(=O)(=O)N2CCOCC2)CCN1. The number of morpholine rings is 1. The van der Waals surface area contributed by atoms with Gasteiger partial charge in [0, 0.05) is 45.3 Å². The molecule has 0 radical (unpaired) electrons. The summed E-state index contributed by atoms with van der Waals surface area (Å²) in [5, 5.41) is 3.41. The number of rotatable bonds is 4. The van der Waals surface area contributed by atoms with Crippen LogP contribution in [0, 0.1) is 0 Å². The molecule has 0 bridgehead atoms. The maximum Gasteiger partial charge on any atom is 0.243 e. The van der Waals surface area contributed by atoms with Crippen molar-refractivity contribution in [3.8, 4) is 0 Å². The van der Waals surface area contributed by atoms with Gasteiger partial charge in [0.25, 0.3) is 0 Å². The first-order valence-corrected chi connectivity index (χ1v) is 9.63. The van der Waals surface area contributed by atoms with Gasteiger partial charge >= 0.3 is 0 Å². The van der Waals surface area contributed by atoms with Gasteiger partial charge in [-0.15, -0.1) is 0 Å². The maximum atomic E-state index is 13.0. The monoisotopic (exact) mass is 339 g/mol. The number of ether oxygens (including phenoxy) is 1. The summed E-state index contributed by atoms with van der Waals surface area (Å²) >= 11 is 0. The minimum Gasteiger partial charge on any atom is -0.379 e. The topological polar surface area (TPSA) is 61.9 Å². The van der Waals surface area contributed by atoms with E-state index < -0.39 is 10.0 Å². The Morgan fingerprint density at radius 2 is 1.96 bits per heavy atom. The number of sulfonamides is 1. The molecule has 2 heterocycles. The molecule has 6 nitrogen and oxygen atoms in total. The Morgan fingerprint density at radius 1 is 1.22 bits per heavy atom. The van der Waals surface area contributed by atoms with Crippen molar-refractivity contribution in [2.75, 3.05) is 45.9 Å². The quantitative estimate of drug-likeness (QED) is 0.866. The van der Waals surface area contributed by atoms with Gasteiger partial charge < -0.3 is 10.1 Å². The zero-order valence-corrected chi connectivity index (χ0v) is 14.4. The van der Waals surface area contributed by atoms with E-state index in [1.165, 1.54) is 4.31 Å². The number of hydrogen-bond donors (Lipinski definition) is 1. The Bertz CT molecular complexity index is 629. The average Bonchev–Trinajstić information content (AvgIpc) is 2.56. The Labute approximate surface area is 138 Å². The summed E-state index contributed by atoms with van der Waals surface area (Å²) in [7, 11) is -3.45. The van der Waals surface area contributed by atoms with E-state index in [1.807, 2.05) is 12.1 Å². The summed E-state index contributed by atoms with van der Waals surface area (Å²) in [4.78, 5) is 2.75. The predicted molar refractivity (Wildman–Crippen MR) is 88.8 cm³/mol. The lowest BCUT2D eigenvalue weighted by atomic mass is 10.1. The highest BCUT2D eigenvalue weighted by atomic mass is 32.2. The van der Waals surface area contributed by atoms with Crippen molar-refractivity contribution in [3.05, 3.63) is 29.8 Å². The molecule has 0 spiro atoms. The smallest absolute Gasteiger partial charge is 0.243 e. The Balaban J connectivity index is 1.82. The summed E-state index contributed by atoms with van der Waals surface area (Å²) in [5.74, 6) is 0. The van der Waals surface area contributed by atoms with Crippen LogP contribution in [0.1, 0.15) is 12.5 Å². The lowest BCUT2D eigenvalue weighted by Crippen LogP contribution is -2.48. The van der Waals surface area contributed by atoms with Crippen molar-refractivity contribution in [2.24, 2.45) is 0 Å². The van der Waals surface area contributed by atoms with E-state index >= 15 is 0 Å². The third-order valence-corrected chi connectivity index (χ3v) is 6.41. The summed E-state index contributed by atoms with van der Waals surface area (Å²) in [6.07, 6.45) is 0. The largest absolute Gasteiger partial charge is 0.379 e. The standard InChI is InChI=1S/C16H25N3O3S/c1-14-12-18(7-6-17-14)13-15-4-2-3-5-16(15)23(20,21)19-8-10-22-11-9-19/h2-5,14,17H,6-13H2,1H3. The van der Waals surface area contributed by atoms with E-state index in [9.17, 15) is 8.42 Å². The van der Waals surface area contributed by atoms with Crippen LogP contribution in [0.3, 0.4) is 0 Å². The predicted octanol–water partition coefficient (Wildman–Crippen LogP) is 0.501. The lowest BCUT2D eigenvalue weighted by Gasteiger charge is -2.33. The van der Waals surface area contributed by atoms with Gasteiger partial charge in [-0.25, -0.2) is 8.42 Å². The van der Waals surface area contributed by atoms with E-state index in [4.69, 9.17) is 4.74 Å². The number of nitrogens with zero attached hydrogens (tertiary/aromatic N) is 2. The normalized spacial score (nSPS) is 24.7. The average molecular weight is 339 g/mol. The molecule has 0 saturated carbocycles. The minimum absolute atomic E-state index is 0.432. The third-order valence-electron chi connectivity index (χ3n) is 4.41. The Morgan fingerprint density at radius 3 is 2.70 bits per heavy atom. The number of benzene rings is 1. The molecule has 3 rings (SSSR count). The zero-order valence-electron chi connectivity index (χ0n) is 13.6. The van der Waals surface area contributed by atoms with Crippen LogP contribution >= 0.6 is 0 Å². The highest BCUT2D eigenvalue weighted by Gasteiger charge is 2.29. The van der Waals surface area contributed by atoms with Gasteiger partial charge in [-0.3, -0.25) is 4.90 Å². The van der Waals surface area contributed by atoms with E-state index in [-0.39, 0.29) is 0 Å². The van der Waals surface area contributed by atoms with Gasteiger partial charge in [-0.05, 0) is 18.6 Å². The Hall–Kier alpha value is -0.990. The molecule has 1 aromatic carbocycles. The van der Waals surface area contributed by atoms with E-state index in [0.29, 0.717) is 43.8 Å². The van der Waals surface area contributed by atoms with Gasteiger partial charge in [0.15, 0.2) is 0 Å². The second-order valence-electron chi connectivity index (χ2n) is 6.21. The number of nitrogens with one attached hydrogen (secondary N) is 1.